The van der Waals surface area contributed by atoms with Crippen molar-refractivity contribution in [2.45, 2.75) is 12.4 Å². The van der Waals surface area contributed by atoms with Crippen LogP contribution in [-0.4, -0.2) is 26.4 Å². The highest BCUT2D eigenvalue weighted by Gasteiger charge is 2.12. The standard InChI is InChI=1S/C14H15ClN4O/c1-18-6-5-10(17-18)9-19-13-4-3-11(20-2)7-12(13)16-14(19)8-15/h3-7H,8-9H2,1-2H3. The molecule has 0 spiro atoms. The monoisotopic (exact) mass is 290 g/mol. The summed E-state index contributed by atoms with van der Waals surface area (Å²) in [6.07, 6.45) is 1.93. The summed E-state index contributed by atoms with van der Waals surface area (Å²) in [7, 11) is 3.55. The molecule has 3 rings (SSSR count). The number of rotatable bonds is 4. The first kappa shape index (κ1) is 13.0. The molecule has 20 heavy (non-hydrogen) atoms. The van der Waals surface area contributed by atoms with Crippen LogP contribution in [0, 0.1) is 0 Å². The van der Waals surface area contributed by atoms with Gasteiger partial charge in [-0.2, -0.15) is 5.10 Å². The number of benzene rings is 1. The van der Waals surface area contributed by atoms with Crippen molar-refractivity contribution < 1.29 is 4.74 Å². The Morgan fingerprint density at radius 2 is 2.15 bits per heavy atom. The van der Waals surface area contributed by atoms with E-state index in [1.165, 1.54) is 0 Å². The lowest BCUT2D eigenvalue weighted by Gasteiger charge is -2.06. The number of imidazole rings is 1. The Bertz CT molecular complexity index is 747. The van der Waals surface area contributed by atoms with Gasteiger partial charge in [-0.25, -0.2) is 4.98 Å². The Balaban J connectivity index is 2.08. The Morgan fingerprint density at radius 3 is 2.80 bits per heavy atom. The van der Waals surface area contributed by atoms with Crippen molar-refractivity contribution in [2.75, 3.05) is 7.11 Å². The average molecular weight is 291 g/mol. The smallest absolute Gasteiger partial charge is 0.125 e. The Morgan fingerprint density at radius 1 is 1.30 bits per heavy atom. The Kier molecular flexibility index (Phi) is 3.36. The fourth-order valence-corrected chi connectivity index (χ4v) is 2.48. The molecule has 0 bridgehead atoms. The first-order valence-corrected chi connectivity index (χ1v) is 6.82. The molecule has 2 aromatic heterocycles. The van der Waals surface area contributed by atoms with E-state index in [-0.39, 0.29) is 0 Å². The number of aromatic nitrogens is 4. The van der Waals surface area contributed by atoms with E-state index in [0.29, 0.717) is 12.4 Å². The average Bonchev–Trinajstić information content (AvgIpc) is 3.02. The minimum Gasteiger partial charge on any atom is -0.497 e. The van der Waals surface area contributed by atoms with Crippen molar-refractivity contribution >= 4 is 22.6 Å². The van der Waals surface area contributed by atoms with Gasteiger partial charge in [-0.3, -0.25) is 4.68 Å². The third kappa shape index (κ3) is 2.25. The fraction of sp³-hybridized carbons (Fsp3) is 0.286. The number of aryl methyl sites for hydroxylation is 1. The molecule has 5 nitrogen and oxygen atoms in total. The number of methoxy groups -OCH3 is 1. The zero-order valence-corrected chi connectivity index (χ0v) is 12.1. The van der Waals surface area contributed by atoms with Crippen molar-refractivity contribution in [2.24, 2.45) is 7.05 Å². The quantitative estimate of drug-likeness (QED) is 0.694. The van der Waals surface area contributed by atoms with Crippen LogP contribution >= 0.6 is 11.6 Å². The number of halogens is 1. The summed E-state index contributed by atoms with van der Waals surface area (Å²) in [6, 6.07) is 7.84. The molecule has 0 amide bonds. The van der Waals surface area contributed by atoms with Crippen LogP contribution < -0.4 is 4.74 Å². The van der Waals surface area contributed by atoms with E-state index in [0.717, 1.165) is 28.3 Å². The maximum absolute atomic E-state index is 6.01. The number of hydrogen-bond acceptors (Lipinski definition) is 3. The second kappa shape index (κ2) is 5.17. The molecular formula is C14H15ClN4O. The third-order valence-corrected chi connectivity index (χ3v) is 3.48. The molecule has 0 aliphatic carbocycles. The van der Waals surface area contributed by atoms with Gasteiger partial charge in [0.15, 0.2) is 0 Å². The fourth-order valence-electron chi connectivity index (χ4n) is 2.27. The van der Waals surface area contributed by atoms with Crippen molar-refractivity contribution in [1.29, 1.82) is 0 Å². The number of ether oxygens (including phenoxy) is 1. The molecule has 0 N–H and O–H groups in total. The van der Waals surface area contributed by atoms with Crippen molar-refractivity contribution in [3.8, 4) is 5.75 Å². The molecule has 0 aliphatic rings. The van der Waals surface area contributed by atoms with Crippen LogP contribution in [0.2, 0.25) is 0 Å². The summed E-state index contributed by atoms with van der Waals surface area (Å²) < 4.78 is 9.11. The second-order valence-electron chi connectivity index (χ2n) is 4.58. The van der Waals surface area contributed by atoms with Crippen LogP contribution in [0.3, 0.4) is 0 Å². The van der Waals surface area contributed by atoms with Gasteiger partial charge in [0.1, 0.15) is 11.6 Å². The topological polar surface area (TPSA) is 44.9 Å². The van der Waals surface area contributed by atoms with Gasteiger partial charge in [-0.1, -0.05) is 0 Å². The molecule has 0 saturated heterocycles. The number of nitrogens with zero attached hydrogens (tertiary/aromatic N) is 4. The molecule has 0 fully saturated rings. The van der Waals surface area contributed by atoms with Gasteiger partial charge in [0.05, 0.1) is 36.3 Å². The maximum atomic E-state index is 6.01. The van der Waals surface area contributed by atoms with Gasteiger partial charge in [0, 0.05) is 19.3 Å². The molecule has 3 aromatic rings. The highest BCUT2D eigenvalue weighted by atomic mass is 35.5. The Labute approximate surface area is 121 Å². The van der Waals surface area contributed by atoms with E-state index in [4.69, 9.17) is 16.3 Å². The largest absolute Gasteiger partial charge is 0.497 e. The van der Waals surface area contributed by atoms with Crippen molar-refractivity contribution in [3.05, 3.63) is 42.0 Å². The zero-order chi connectivity index (χ0) is 14.1. The van der Waals surface area contributed by atoms with Crippen LogP contribution in [0.5, 0.6) is 5.75 Å². The van der Waals surface area contributed by atoms with Crippen LogP contribution in [-0.2, 0) is 19.5 Å². The molecule has 0 saturated carbocycles. The summed E-state index contributed by atoms with van der Waals surface area (Å²) >= 11 is 6.01. The minimum atomic E-state index is 0.365. The van der Waals surface area contributed by atoms with Crippen LogP contribution in [0.4, 0.5) is 0 Å². The lowest BCUT2D eigenvalue weighted by molar-refractivity contribution is 0.415. The molecular weight excluding hydrogens is 276 g/mol. The zero-order valence-electron chi connectivity index (χ0n) is 11.4. The number of fused-ring (bicyclic) bond motifs is 1. The van der Waals surface area contributed by atoms with E-state index in [2.05, 4.69) is 14.6 Å². The lowest BCUT2D eigenvalue weighted by atomic mass is 10.3. The molecule has 104 valence electrons. The number of alkyl halides is 1. The third-order valence-electron chi connectivity index (χ3n) is 3.24. The summed E-state index contributed by atoms with van der Waals surface area (Å²) in [6.45, 7) is 0.658. The SMILES string of the molecule is COc1ccc2c(c1)nc(CCl)n2Cc1ccn(C)n1. The van der Waals surface area contributed by atoms with Crippen LogP contribution in [0.1, 0.15) is 11.5 Å². The predicted molar refractivity (Wildman–Crippen MR) is 78.2 cm³/mol. The molecule has 6 heteroatoms. The van der Waals surface area contributed by atoms with E-state index in [1.54, 1.807) is 11.8 Å². The van der Waals surface area contributed by atoms with Crippen LogP contribution in [0.25, 0.3) is 11.0 Å². The van der Waals surface area contributed by atoms with E-state index in [9.17, 15) is 0 Å². The summed E-state index contributed by atoms with van der Waals surface area (Å²) in [5.74, 6) is 1.99. The van der Waals surface area contributed by atoms with Crippen LogP contribution in [0.15, 0.2) is 30.5 Å². The minimum absolute atomic E-state index is 0.365. The predicted octanol–water partition coefficient (Wildman–Crippen LogP) is 2.57. The molecule has 0 atom stereocenters. The van der Waals surface area contributed by atoms with Gasteiger partial charge in [0.2, 0.25) is 0 Å². The summed E-state index contributed by atoms with van der Waals surface area (Å²) in [5, 5.41) is 4.40. The summed E-state index contributed by atoms with van der Waals surface area (Å²) in [5.41, 5.74) is 2.90. The Hall–Kier alpha value is -2.01. The normalized spacial score (nSPS) is 11.2. The molecule has 1 aromatic carbocycles. The van der Waals surface area contributed by atoms with Gasteiger partial charge in [-0.15, -0.1) is 11.6 Å². The van der Waals surface area contributed by atoms with Crippen molar-refractivity contribution in [3.63, 3.8) is 0 Å². The van der Waals surface area contributed by atoms with Gasteiger partial charge >= 0.3 is 0 Å². The first-order valence-electron chi connectivity index (χ1n) is 6.29. The van der Waals surface area contributed by atoms with E-state index >= 15 is 0 Å². The highest BCUT2D eigenvalue weighted by Crippen LogP contribution is 2.23. The molecule has 0 aliphatic heterocycles. The van der Waals surface area contributed by atoms with Gasteiger partial charge in [0.25, 0.3) is 0 Å². The number of hydrogen-bond donors (Lipinski definition) is 0. The van der Waals surface area contributed by atoms with Crippen molar-refractivity contribution in [1.82, 2.24) is 19.3 Å². The summed E-state index contributed by atoms with van der Waals surface area (Å²) in [4.78, 5) is 4.56. The van der Waals surface area contributed by atoms with Gasteiger partial charge < -0.3 is 9.30 Å². The highest BCUT2D eigenvalue weighted by molar-refractivity contribution is 6.16. The van der Waals surface area contributed by atoms with Gasteiger partial charge in [-0.05, 0) is 18.2 Å². The van der Waals surface area contributed by atoms with E-state index < -0.39 is 0 Å². The first-order chi connectivity index (χ1) is 9.71. The molecule has 2 heterocycles. The maximum Gasteiger partial charge on any atom is 0.125 e. The molecule has 0 radical (unpaired) electrons. The lowest BCUT2D eigenvalue weighted by Crippen LogP contribution is -2.05. The second-order valence-corrected chi connectivity index (χ2v) is 4.85. The molecule has 0 unspecified atom stereocenters. The van der Waals surface area contributed by atoms with E-state index in [1.807, 2.05) is 37.5 Å².